The zero-order valence-electron chi connectivity index (χ0n) is 12.2. The molecule has 0 spiro atoms. The van der Waals surface area contributed by atoms with E-state index in [9.17, 15) is 0 Å². The quantitative estimate of drug-likeness (QED) is 0.910. The number of nitrogens with zero attached hydrogens (tertiary/aromatic N) is 1. The molecule has 0 amide bonds. The summed E-state index contributed by atoms with van der Waals surface area (Å²) in [6, 6.07) is 5.15. The molecular weight excluding hydrogens is 252 g/mol. The SMILES string of the molecule is CC1CCNC(C)(C2CC2)CN1CCc1cccs1. The van der Waals surface area contributed by atoms with E-state index in [0.717, 1.165) is 5.92 Å². The molecule has 0 radical (unpaired) electrons. The Balaban J connectivity index is 1.63. The van der Waals surface area contributed by atoms with Crippen LogP contribution in [-0.4, -0.2) is 36.1 Å². The molecule has 1 aromatic rings. The van der Waals surface area contributed by atoms with Crippen LogP contribution in [0.2, 0.25) is 0 Å². The van der Waals surface area contributed by atoms with Gasteiger partial charge < -0.3 is 5.32 Å². The van der Waals surface area contributed by atoms with E-state index < -0.39 is 0 Å². The number of nitrogens with one attached hydrogen (secondary N) is 1. The van der Waals surface area contributed by atoms with E-state index >= 15 is 0 Å². The molecule has 106 valence electrons. The largest absolute Gasteiger partial charge is 0.310 e. The summed E-state index contributed by atoms with van der Waals surface area (Å²) in [4.78, 5) is 4.25. The predicted molar refractivity (Wildman–Crippen MR) is 82.8 cm³/mol. The summed E-state index contributed by atoms with van der Waals surface area (Å²) in [5, 5.41) is 6.03. The first kappa shape index (κ1) is 13.6. The molecule has 1 N–H and O–H groups in total. The van der Waals surface area contributed by atoms with Crippen molar-refractivity contribution in [1.82, 2.24) is 10.2 Å². The van der Waals surface area contributed by atoms with E-state index in [0.29, 0.717) is 11.6 Å². The Bertz CT molecular complexity index is 399. The first-order chi connectivity index (χ1) is 9.17. The van der Waals surface area contributed by atoms with Crippen LogP contribution >= 0.6 is 11.3 Å². The molecule has 19 heavy (non-hydrogen) atoms. The third-order valence-corrected chi connectivity index (χ3v) is 5.89. The molecule has 1 aliphatic heterocycles. The molecule has 0 bridgehead atoms. The Morgan fingerprint density at radius 1 is 1.42 bits per heavy atom. The molecule has 2 aliphatic rings. The van der Waals surface area contributed by atoms with Crippen molar-refractivity contribution in [3.05, 3.63) is 22.4 Å². The predicted octanol–water partition coefficient (Wildman–Crippen LogP) is 3.14. The minimum atomic E-state index is 0.361. The number of hydrogen-bond acceptors (Lipinski definition) is 3. The van der Waals surface area contributed by atoms with E-state index in [1.54, 1.807) is 0 Å². The highest BCUT2D eigenvalue weighted by molar-refractivity contribution is 7.09. The maximum atomic E-state index is 3.83. The second-order valence-corrected chi connectivity index (χ2v) is 7.59. The molecule has 2 unspecified atom stereocenters. The molecule has 3 heteroatoms. The summed E-state index contributed by atoms with van der Waals surface area (Å²) in [5.74, 6) is 0.919. The first-order valence-electron chi connectivity index (χ1n) is 7.69. The van der Waals surface area contributed by atoms with Gasteiger partial charge in [0.25, 0.3) is 0 Å². The first-order valence-corrected chi connectivity index (χ1v) is 8.57. The zero-order valence-corrected chi connectivity index (χ0v) is 13.0. The molecule has 2 heterocycles. The van der Waals surface area contributed by atoms with Gasteiger partial charge in [-0.05, 0) is 63.4 Å². The lowest BCUT2D eigenvalue weighted by molar-refractivity contribution is 0.164. The maximum Gasteiger partial charge on any atom is 0.0308 e. The molecule has 2 atom stereocenters. The summed E-state index contributed by atoms with van der Waals surface area (Å²) in [6.07, 6.45) is 5.35. The van der Waals surface area contributed by atoms with Crippen molar-refractivity contribution < 1.29 is 0 Å². The lowest BCUT2D eigenvalue weighted by Gasteiger charge is -2.35. The van der Waals surface area contributed by atoms with Gasteiger partial charge in [-0.2, -0.15) is 0 Å². The smallest absolute Gasteiger partial charge is 0.0308 e. The standard InChI is InChI=1S/C16H26N2S/c1-13-7-9-17-16(2,14-5-6-14)12-18(13)10-8-15-4-3-11-19-15/h3-4,11,13-14,17H,5-10,12H2,1-2H3. The molecule has 3 rings (SSSR count). The topological polar surface area (TPSA) is 15.3 Å². The van der Waals surface area contributed by atoms with Crippen LogP contribution < -0.4 is 5.32 Å². The molecule has 0 aromatic carbocycles. The van der Waals surface area contributed by atoms with Gasteiger partial charge in [0.15, 0.2) is 0 Å². The average molecular weight is 278 g/mol. The van der Waals surface area contributed by atoms with Gasteiger partial charge in [-0.1, -0.05) is 6.07 Å². The summed E-state index contributed by atoms with van der Waals surface area (Å²) < 4.78 is 0. The van der Waals surface area contributed by atoms with Gasteiger partial charge in [0, 0.05) is 29.5 Å². The number of thiophene rings is 1. The minimum absolute atomic E-state index is 0.361. The highest BCUT2D eigenvalue weighted by atomic mass is 32.1. The number of rotatable bonds is 4. The second kappa shape index (κ2) is 5.55. The fourth-order valence-electron chi connectivity index (χ4n) is 3.38. The summed E-state index contributed by atoms with van der Waals surface area (Å²) in [5.41, 5.74) is 0.361. The third kappa shape index (κ3) is 3.21. The Hall–Kier alpha value is -0.380. The van der Waals surface area contributed by atoms with Crippen molar-refractivity contribution in [1.29, 1.82) is 0 Å². The highest BCUT2D eigenvalue weighted by Crippen LogP contribution is 2.41. The van der Waals surface area contributed by atoms with E-state index in [2.05, 4.69) is 41.6 Å². The summed E-state index contributed by atoms with van der Waals surface area (Å²) in [7, 11) is 0. The average Bonchev–Trinajstić information content (AvgIpc) is 3.14. The van der Waals surface area contributed by atoms with Crippen LogP contribution in [-0.2, 0) is 6.42 Å². The van der Waals surface area contributed by atoms with E-state index in [1.807, 2.05) is 11.3 Å². The van der Waals surface area contributed by atoms with Crippen LogP contribution in [0.3, 0.4) is 0 Å². The Morgan fingerprint density at radius 2 is 2.26 bits per heavy atom. The normalized spacial score (nSPS) is 33.3. The van der Waals surface area contributed by atoms with Gasteiger partial charge in [-0.25, -0.2) is 0 Å². The fourth-order valence-corrected chi connectivity index (χ4v) is 4.08. The highest BCUT2D eigenvalue weighted by Gasteiger charge is 2.43. The monoisotopic (exact) mass is 278 g/mol. The van der Waals surface area contributed by atoms with E-state index in [-0.39, 0.29) is 0 Å². The molecular formula is C16H26N2S. The molecule has 1 saturated heterocycles. The molecule has 1 saturated carbocycles. The molecule has 1 aromatic heterocycles. The molecule has 2 fully saturated rings. The van der Waals surface area contributed by atoms with Gasteiger partial charge in [-0.15, -0.1) is 11.3 Å². The zero-order chi connectivity index (χ0) is 13.3. The fraction of sp³-hybridized carbons (Fsp3) is 0.750. The van der Waals surface area contributed by atoms with Crippen molar-refractivity contribution in [3.8, 4) is 0 Å². The van der Waals surface area contributed by atoms with Gasteiger partial charge in [-0.3, -0.25) is 4.90 Å². The minimum Gasteiger partial charge on any atom is -0.310 e. The second-order valence-electron chi connectivity index (χ2n) is 6.56. The van der Waals surface area contributed by atoms with Gasteiger partial charge in [0.2, 0.25) is 0 Å². The Kier molecular flexibility index (Phi) is 3.97. The van der Waals surface area contributed by atoms with Crippen LogP contribution in [0.25, 0.3) is 0 Å². The van der Waals surface area contributed by atoms with Crippen molar-refractivity contribution in [2.24, 2.45) is 5.92 Å². The third-order valence-electron chi connectivity index (χ3n) is 4.95. The molecule has 2 nitrogen and oxygen atoms in total. The lowest BCUT2D eigenvalue weighted by Crippen LogP contribution is -2.52. The van der Waals surface area contributed by atoms with Crippen molar-refractivity contribution in [2.45, 2.75) is 51.1 Å². The van der Waals surface area contributed by atoms with Gasteiger partial charge in [0.1, 0.15) is 0 Å². The van der Waals surface area contributed by atoms with Crippen LogP contribution in [0.1, 0.15) is 38.0 Å². The Morgan fingerprint density at radius 3 is 2.95 bits per heavy atom. The molecule has 1 aliphatic carbocycles. The summed E-state index contributed by atoms with van der Waals surface area (Å²) in [6.45, 7) is 8.47. The van der Waals surface area contributed by atoms with Crippen LogP contribution in [0, 0.1) is 5.92 Å². The van der Waals surface area contributed by atoms with Crippen LogP contribution in [0.4, 0.5) is 0 Å². The van der Waals surface area contributed by atoms with Crippen LogP contribution in [0.5, 0.6) is 0 Å². The van der Waals surface area contributed by atoms with Crippen molar-refractivity contribution in [2.75, 3.05) is 19.6 Å². The van der Waals surface area contributed by atoms with E-state index in [1.165, 1.54) is 50.2 Å². The van der Waals surface area contributed by atoms with Crippen molar-refractivity contribution in [3.63, 3.8) is 0 Å². The van der Waals surface area contributed by atoms with Crippen LogP contribution in [0.15, 0.2) is 17.5 Å². The Labute approximate surface area is 121 Å². The summed E-state index contributed by atoms with van der Waals surface area (Å²) >= 11 is 1.89. The van der Waals surface area contributed by atoms with E-state index in [4.69, 9.17) is 0 Å². The number of hydrogen-bond donors (Lipinski definition) is 1. The van der Waals surface area contributed by atoms with Gasteiger partial charge >= 0.3 is 0 Å². The lowest BCUT2D eigenvalue weighted by atomic mass is 9.95. The van der Waals surface area contributed by atoms with Gasteiger partial charge in [0.05, 0.1) is 0 Å². The maximum absolute atomic E-state index is 3.83. The van der Waals surface area contributed by atoms with Crippen molar-refractivity contribution >= 4 is 11.3 Å².